The maximum Gasteiger partial charge on any atom is 0.265 e. The molecular weight excluding hydrogens is 415 g/mol. The summed E-state index contributed by atoms with van der Waals surface area (Å²) in [6.07, 6.45) is 0. The van der Waals surface area contributed by atoms with Crippen LogP contribution >= 0.6 is 54.8 Å². The SMILES string of the molecule is CC(C)(C)c1nc(-c2cc(Br)c(Cl)s2)[nH]c(=O)c1Br. The molecule has 2 heterocycles. The average Bonchev–Trinajstić information content (AvgIpc) is 2.61. The molecule has 0 aliphatic carbocycles. The number of thiophene rings is 1. The average molecular weight is 427 g/mol. The van der Waals surface area contributed by atoms with Gasteiger partial charge in [-0.05, 0) is 37.9 Å². The van der Waals surface area contributed by atoms with E-state index in [0.29, 0.717) is 14.6 Å². The molecule has 2 aromatic rings. The molecule has 0 aliphatic heterocycles. The van der Waals surface area contributed by atoms with Crippen LogP contribution in [0.1, 0.15) is 26.5 Å². The largest absolute Gasteiger partial charge is 0.305 e. The first-order valence-electron chi connectivity index (χ1n) is 5.45. The van der Waals surface area contributed by atoms with Gasteiger partial charge in [-0.2, -0.15) is 0 Å². The minimum absolute atomic E-state index is 0.185. The maximum absolute atomic E-state index is 12.0. The molecule has 0 radical (unpaired) electrons. The lowest BCUT2D eigenvalue weighted by Crippen LogP contribution is -2.22. The third-order valence-electron chi connectivity index (χ3n) is 2.45. The molecule has 2 aromatic heterocycles. The summed E-state index contributed by atoms with van der Waals surface area (Å²) in [7, 11) is 0. The fourth-order valence-electron chi connectivity index (χ4n) is 1.54. The molecule has 0 amide bonds. The van der Waals surface area contributed by atoms with Crippen molar-refractivity contribution in [2.75, 3.05) is 0 Å². The molecule has 0 bridgehead atoms. The Hall–Kier alpha value is -0.170. The van der Waals surface area contributed by atoms with Crippen LogP contribution in [0.4, 0.5) is 0 Å². The maximum atomic E-state index is 12.0. The predicted octanol–water partition coefficient (Wildman–Crippen LogP) is 4.97. The lowest BCUT2D eigenvalue weighted by atomic mass is 9.92. The van der Waals surface area contributed by atoms with Crippen LogP contribution in [0.5, 0.6) is 0 Å². The van der Waals surface area contributed by atoms with E-state index in [1.54, 1.807) is 0 Å². The number of halogens is 3. The number of hydrogen-bond acceptors (Lipinski definition) is 3. The van der Waals surface area contributed by atoms with E-state index >= 15 is 0 Å². The Morgan fingerprint density at radius 2 is 2.00 bits per heavy atom. The topological polar surface area (TPSA) is 45.8 Å². The Bertz CT molecular complexity index is 669. The van der Waals surface area contributed by atoms with Gasteiger partial charge in [-0.1, -0.05) is 32.4 Å². The number of aromatic nitrogens is 2. The minimum Gasteiger partial charge on any atom is -0.305 e. The van der Waals surface area contributed by atoms with Crippen LogP contribution in [0.15, 0.2) is 19.8 Å². The van der Waals surface area contributed by atoms with Crippen LogP contribution in [-0.2, 0) is 5.41 Å². The zero-order valence-corrected chi connectivity index (χ0v) is 15.2. The van der Waals surface area contributed by atoms with Crippen LogP contribution < -0.4 is 5.56 Å². The van der Waals surface area contributed by atoms with Crippen molar-refractivity contribution in [2.24, 2.45) is 0 Å². The number of aromatic amines is 1. The van der Waals surface area contributed by atoms with Crippen molar-refractivity contribution in [3.8, 4) is 10.7 Å². The highest BCUT2D eigenvalue weighted by molar-refractivity contribution is 9.10. The summed E-state index contributed by atoms with van der Waals surface area (Å²) in [6.45, 7) is 6.04. The van der Waals surface area contributed by atoms with Gasteiger partial charge in [0.05, 0.1) is 10.6 Å². The van der Waals surface area contributed by atoms with E-state index in [-0.39, 0.29) is 11.0 Å². The summed E-state index contributed by atoms with van der Waals surface area (Å²) in [5.74, 6) is 0.538. The van der Waals surface area contributed by atoms with Gasteiger partial charge in [0.15, 0.2) is 5.82 Å². The van der Waals surface area contributed by atoms with E-state index in [4.69, 9.17) is 11.6 Å². The van der Waals surface area contributed by atoms with Crippen LogP contribution in [0.3, 0.4) is 0 Å². The standard InChI is InChI=1S/C12H11Br2ClN2OS/c1-12(2,3)8-7(14)11(18)17-10(16-8)6-4-5(13)9(15)19-6/h4H,1-3H3,(H,16,17,18). The molecule has 1 N–H and O–H groups in total. The normalized spacial score (nSPS) is 11.9. The fraction of sp³-hybridized carbons (Fsp3) is 0.333. The Morgan fingerprint density at radius 3 is 2.47 bits per heavy atom. The van der Waals surface area contributed by atoms with Crippen molar-refractivity contribution in [1.82, 2.24) is 9.97 Å². The summed E-state index contributed by atoms with van der Waals surface area (Å²) in [5.41, 5.74) is 0.322. The van der Waals surface area contributed by atoms with Crippen LogP contribution in [-0.4, -0.2) is 9.97 Å². The smallest absolute Gasteiger partial charge is 0.265 e. The molecule has 7 heteroatoms. The Morgan fingerprint density at radius 1 is 1.37 bits per heavy atom. The molecular formula is C12H11Br2ClN2OS. The summed E-state index contributed by atoms with van der Waals surface area (Å²) in [4.78, 5) is 20.1. The van der Waals surface area contributed by atoms with Crippen LogP contribution in [0.25, 0.3) is 10.7 Å². The van der Waals surface area contributed by atoms with E-state index < -0.39 is 0 Å². The Kier molecular flexibility index (Phi) is 4.26. The van der Waals surface area contributed by atoms with Crippen molar-refractivity contribution in [3.63, 3.8) is 0 Å². The van der Waals surface area contributed by atoms with Gasteiger partial charge in [-0.15, -0.1) is 11.3 Å². The summed E-state index contributed by atoms with van der Waals surface area (Å²) in [5, 5.41) is 0. The van der Waals surface area contributed by atoms with E-state index in [1.807, 2.05) is 26.8 Å². The molecule has 0 atom stereocenters. The van der Waals surface area contributed by atoms with Crippen LogP contribution in [0.2, 0.25) is 4.34 Å². The summed E-state index contributed by atoms with van der Waals surface area (Å²) >= 11 is 14.1. The molecule has 0 fully saturated rings. The molecule has 3 nitrogen and oxygen atoms in total. The zero-order chi connectivity index (χ0) is 14.4. The Labute approximate surface area is 136 Å². The first-order valence-corrected chi connectivity index (χ1v) is 8.23. The van der Waals surface area contributed by atoms with Crippen molar-refractivity contribution < 1.29 is 0 Å². The summed E-state index contributed by atoms with van der Waals surface area (Å²) < 4.78 is 1.92. The highest BCUT2D eigenvalue weighted by Gasteiger charge is 2.23. The molecule has 0 unspecified atom stereocenters. The second-order valence-electron chi connectivity index (χ2n) is 5.06. The molecule has 0 saturated heterocycles. The lowest BCUT2D eigenvalue weighted by Gasteiger charge is -2.19. The van der Waals surface area contributed by atoms with Crippen LogP contribution in [0, 0.1) is 0 Å². The van der Waals surface area contributed by atoms with E-state index in [0.717, 1.165) is 15.0 Å². The third kappa shape index (κ3) is 3.12. The molecule has 0 aromatic carbocycles. The molecule has 0 saturated carbocycles. The molecule has 0 aliphatic rings. The van der Waals surface area contributed by atoms with Crippen molar-refractivity contribution in [3.05, 3.63) is 35.4 Å². The number of hydrogen-bond donors (Lipinski definition) is 1. The molecule has 2 rings (SSSR count). The number of H-pyrrole nitrogens is 1. The van der Waals surface area contributed by atoms with Gasteiger partial charge >= 0.3 is 0 Å². The molecule has 102 valence electrons. The highest BCUT2D eigenvalue weighted by atomic mass is 79.9. The number of nitrogens with zero attached hydrogens (tertiary/aromatic N) is 1. The minimum atomic E-state index is -0.222. The van der Waals surface area contributed by atoms with Crippen molar-refractivity contribution >= 4 is 54.8 Å². The lowest BCUT2D eigenvalue weighted by molar-refractivity contribution is 0.562. The highest BCUT2D eigenvalue weighted by Crippen LogP contribution is 2.37. The second-order valence-corrected chi connectivity index (χ2v) is 8.36. The van der Waals surface area contributed by atoms with Gasteiger partial charge in [-0.3, -0.25) is 4.79 Å². The van der Waals surface area contributed by atoms with Gasteiger partial charge < -0.3 is 4.98 Å². The van der Waals surface area contributed by atoms with Gasteiger partial charge in [0, 0.05) is 9.89 Å². The Balaban J connectivity index is 2.67. The van der Waals surface area contributed by atoms with Gasteiger partial charge in [0.2, 0.25) is 0 Å². The quantitative estimate of drug-likeness (QED) is 0.699. The van der Waals surface area contributed by atoms with Gasteiger partial charge in [0.1, 0.15) is 8.81 Å². The third-order valence-corrected chi connectivity index (χ3v) is 5.67. The van der Waals surface area contributed by atoms with E-state index in [2.05, 4.69) is 41.8 Å². The van der Waals surface area contributed by atoms with E-state index in [9.17, 15) is 4.79 Å². The van der Waals surface area contributed by atoms with Gasteiger partial charge in [0.25, 0.3) is 5.56 Å². The monoisotopic (exact) mass is 424 g/mol. The zero-order valence-electron chi connectivity index (χ0n) is 10.5. The molecule has 19 heavy (non-hydrogen) atoms. The van der Waals surface area contributed by atoms with Crippen molar-refractivity contribution in [2.45, 2.75) is 26.2 Å². The predicted molar refractivity (Wildman–Crippen MR) is 87.3 cm³/mol. The molecule has 0 spiro atoms. The second kappa shape index (κ2) is 5.31. The fourth-order valence-corrected chi connectivity index (χ4v) is 3.97. The first kappa shape index (κ1) is 15.2. The summed E-state index contributed by atoms with van der Waals surface area (Å²) in [6, 6.07) is 1.85. The van der Waals surface area contributed by atoms with Crippen molar-refractivity contribution in [1.29, 1.82) is 0 Å². The van der Waals surface area contributed by atoms with Gasteiger partial charge in [-0.25, -0.2) is 4.98 Å². The van der Waals surface area contributed by atoms with E-state index in [1.165, 1.54) is 11.3 Å². The first-order chi connectivity index (χ1) is 8.70. The number of nitrogens with one attached hydrogen (secondary N) is 1. The number of rotatable bonds is 1.